The predicted molar refractivity (Wildman–Crippen MR) is 88.0 cm³/mol. The van der Waals surface area contributed by atoms with Crippen LogP contribution in [-0.2, 0) is 4.79 Å². The fourth-order valence-electron chi connectivity index (χ4n) is 2.56. The average Bonchev–Trinajstić information content (AvgIpc) is 2.44. The summed E-state index contributed by atoms with van der Waals surface area (Å²) in [7, 11) is 2.18. The third kappa shape index (κ3) is 5.62. The number of hydrogen-bond donors (Lipinski definition) is 1. The number of hydrogen-bond acceptors (Lipinski definition) is 4. The van der Waals surface area contributed by atoms with Gasteiger partial charge in [0, 0.05) is 25.7 Å². The van der Waals surface area contributed by atoms with Gasteiger partial charge in [-0.05, 0) is 58.1 Å². The van der Waals surface area contributed by atoms with Crippen LogP contribution in [0.25, 0.3) is 0 Å². The molecule has 0 radical (unpaired) electrons. The molecule has 1 saturated heterocycles. The maximum Gasteiger partial charge on any atom is 0.239 e. The smallest absolute Gasteiger partial charge is 0.239 e. The van der Waals surface area contributed by atoms with Crippen molar-refractivity contribution in [2.45, 2.75) is 45.2 Å². The molecule has 0 aromatic rings. The second-order valence-corrected chi connectivity index (χ2v) is 7.18. The first-order valence-corrected chi connectivity index (χ1v) is 9.08. The van der Waals surface area contributed by atoms with Crippen molar-refractivity contribution < 1.29 is 4.79 Å². The molecule has 1 atom stereocenters. The topological polar surface area (TPSA) is 49.6 Å². The van der Waals surface area contributed by atoms with Crippen molar-refractivity contribution in [3.05, 3.63) is 0 Å². The summed E-state index contributed by atoms with van der Waals surface area (Å²) >= 11 is 1.75. The summed E-state index contributed by atoms with van der Waals surface area (Å²) in [6.45, 7) is 7.34. The largest absolute Gasteiger partial charge is 0.341 e. The maximum atomic E-state index is 12.2. The van der Waals surface area contributed by atoms with E-state index in [9.17, 15) is 4.79 Å². The first-order chi connectivity index (χ1) is 9.45. The summed E-state index contributed by atoms with van der Waals surface area (Å²) in [5.74, 6) is 1.83. The highest BCUT2D eigenvalue weighted by atomic mass is 32.2. The Morgan fingerprint density at radius 2 is 2.00 bits per heavy atom. The molecular weight excluding hydrogens is 270 g/mol. The van der Waals surface area contributed by atoms with Crippen molar-refractivity contribution in [3.8, 4) is 0 Å². The monoisotopic (exact) mass is 301 g/mol. The lowest BCUT2D eigenvalue weighted by Gasteiger charge is -2.36. The minimum absolute atomic E-state index is 0.148. The fraction of sp³-hybridized carbons (Fsp3) is 0.933. The van der Waals surface area contributed by atoms with E-state index >= 15 is 0 Å². The van der Waals surface area contributed by atoms with E-state index < -0.39 is 0 Å². The molecule has 5 heteroatoms. The van der Waals surface area contributed by atoms with E-state index in [1.165, 1.54) is 0 Å². The molecule has 4 nitrogen and oxygen atoms in total. The summed E-state index contributed by atoms with van der Waals surface area (Å²) in [5.41, 5.74) is 5.98. The molecule has 0 aromatic carbocycles. The third-order valence-electron chi connectivity index (χ3n) is 4.30. The Kier molecular flexibility index (Phi) is 7.92. The zero-order chi connectivity index (χ0) is 15.1. The lowest BCUT2D eigenvalue weighted by molar-refractivity contribution is -0.134. The predicted octanol–water partition coefficient (Wildman–Crippen LogP) is 1.65. The van der Waals surface area contributed by atoms with E-state index in [1.807, 2.05) is 11.2 Å². The van der Waals surface area contributed by atoms with Crippen molar-refractivity contribution >= 4 is 17.7 Å². The van der Waals surface area contributed by atoms with Crippen LogP contribution in [0.4, 0.5) is 0 Å². The van der Waals surface area contributed by atoms with E-state index in [2.05, 4.69) is 25.8 Å². The normalized spacial score (nSPS) is 18.9. The van der Waals surface area contributed by atoms with Crippen LogP contribution in [0.5, 0.6) is 0 Å². The summed E-state index contributed by atoms with van der Waals surface area (Å²) < 4.78 is 0. The van der Waals surface area contributed by atoms with Gasteiger partial charge in [0.15, 0.2) is 0 Å². The van der Waals surface area contributed by atoms with Gasteiger partial charge in [-0.1, -0.05) is 0 Å². The number of thioether (sulfide) groups is 1. The van der Waals surface area contributed by atoms with Gasteiger partial charge in [0.25, 0.3) is 0 Å². The van der Waals surface area contributed by atoms with Crippen LogP contribution >= 0.6 is 11.8 Å². The minimum atomic E-state index is -0.308. The zero-order valence-electron chi connectivity index (χ0n) is 13.5. The molecule has 1 heterocycles. The van der Waals surface area contributed by atoms with E-state index in [4.69, 9.17) is 5.73 Å². The summed E-state index contributed by atoms with van der Waals surface area (Å²) in [6.07, 6.45) is 5.06. The Morgan fingerprint density at radius 1 is 1.40 bits per heavy atom. The van der Waals surface area contributed by atoms with Crippen LogP contribution in [0, 0.1) is 5.92 Å². The Labute approximate surface area is 128 Å². The van der Waals surface area contributed by atoms with Crippen LogP contribution in [0.15, 0.2) is 0 Å². The van der Waals surface area contributed by atoms with Gasteiger partial charge in [-0.2, -0.15) is 11.8 Å². The summed E-state index contributed by atoms with van der Waals surface area (Å²) in [6, 6.07) is 0.284. The van der Waals surface area contributed by atoms with Crippen LogP contribution < -0.4 is 5.73 Å². The van der Waals surface area contributed by atoms with Crippen molar-refractivity contribution in [3.63, 3.8) is 0 Å². The quantitative estimate of drug-likeness (QED) is 0.777. The molecule has 0 saturated carbocycles. The fourth-order valence-corrected chi connectivity index (χ4v) is 3.05. The van der Waals surface area contributed by atoms with Crippen LogP contribution in [-0.4, -0.2) is 66.5 Å². The van der Waals surface area contributed by atoms with Gasteiger partial charge in [0.1, 0.15) is 0 Å². The van der Waals surface area contributed by atoms with Crippen molar-refractivity contribution in [1.29, 1.82) is 0 Å². The second-order valence-electron chi connectivity index (χ2n) is 6.19. The zero-order valence-corrected chi connectivity index (χ0v) is 14.3. The average molecular weight is 302 g/mol. The SMILES string of the molecule is CSCC[C@H](N)C(=O)N1CCC(CN(C)C(C)C)CC1. The summed E-state index contributed by atoms with van der Waals surface area (Å²) in [5, 5.41) is 0. The van der Waals surface area contributed by atoms with E-state index in [1.54, 1.807) is 11.8 Å². The molecule has 1 fully saturated rings. The number of amides is 1. The number of carbonyl (C=O) groups is 1. The molecule has 118 valence electrons. The third-order valence-corrected chi connectivity index (χ3v) is 4.95. The molecule has 0 unspecified atom stereocenters. The maximum absolute atomic E-state index is 12.2. The van der Waals surface area contributed by atoms with Crippen LogP contribution in [0.3, 0.4) is 0 Å². The number of rotatable bonds is 7. The molecule has 0 bridgehead atoms. The van der Waals surface area contributed by atoms with Gasteiger partial charge in [0.05, 0.1) is 6.04 Å². The Bertz CT molecular complexity index is 291. The molecular formula is C15H31N3OS. The standard InChI is InChI=1S/C15H31N3OS/c1-12(2)17(3)11-13-5-8-18(9-6-13)15(19)14(16)7-10-20-4/h12-14H,5-11,16H2,1-4H3/t14-/m0/s1. The highest BCUT2D eigenvalue weighted by Gasteiger charge is 2.26. The van der Waals surface area contributed by atoms with Gasteiger partial charge in [-0.25, -0.2) is 0 Å². The first-order valence-electron chi connectivity index (χ1n) is 7.69. The van der Waals surface area contributed by atoms with Gasteiger partial charge < -0.3 is 15.5 Å². The Balaban J connectivity index is 2.32. The second kappa shape index (κ2) is 8.90. The minimum Gasteiger partial charge on any atom is -0.341 e. The molecule has 1 amide bonds. The highest BCUT2D eigenvalue weighted by Crippen LogP contribution is 2.19. The van der Waals surface area contributed by atoms with Gasteiger partial charge in [0.2, 0.25) is 5.91 Å². The van der Waals surface area contributed by atoms with Gasteiger partial charge >= 0.3 is 0 Å². The Hall–Kier alpha value is -0.260. The van der Waals surface area contributed by atoms with E-state index in [0.29, 0.717) is 12.0 Å². The number of likely N-dealkylation sites (tertiary alicyclic amines) is 1. The van der Waals surface area contributed by atoms with E-state index in [0.717, 1.165) is 44.6 Å². The number of nitrogens with zero attached hydrogens (tertiary/aromatic N) is 2. The van der Waals surface area contributed by atoms with Crippen LogP contribution in [0.1, 0.15) is 33.1 Å². The lowest BCUT2D eigenvalue weighted by atomic mass is 9.95. The number of carbonyl (C=O) groups excluding carboxylic acids is 1. The lowest BCUT2D eigenvalue weighted by Crippen LogP contribution is -2.48. The first kappa shape index (κ1) is 17.8. The molecule has 0 spiro atoms. The summed E-state index contributed by atoms with van der Waals surface area (Å²) in [4.78, 5) is 16.6. The van der Waals surface area contributed by atoms with Crippen molar-refractivity contribution in [1.82, 2.24) is 9.80 Å². The molecule has 0 aliphatic carbocycles. The van der Waals surface area contributed by atoms with E-state index in [-0.39, 0.29) is 11.9 Å². The van der Waals surface area contributed by atoms with Gasteiger partial charge in [-0.15, -0.1) is 0 Å². The molecule has 0 aromatic heterocycles. The van der Waals surface area contributed by atoms with Gasteiger partial charge in [-0.3, -0.25) is 4.79 Å². The number of nitrogens with two attached hydrogens (primary N) is 1. The highest BCUT2D eigenvalue weighted by molar-refractivity contribution is 7.98. The molecule has 2 N–H and O–H groups in total. The van der Waals surface area contributed by atoms with Crippen molar-refractivity contribution in [2.75, 3.05) is 38.7 Å². The number of piperidine rings is 1. The van der Waals surface area contributed by atoms with Crippen LogP contribution in [0.2, 0.25) is 0 Å². The molecule has 1 rings (SSSR count). The van der Waals surface area contributed by atoms with Crippen molar-refractivity contribution in [2.24, 2.45) is 11.7 Å². The Morgan fingerprint density at radius 3 is 2.50 bits per heavy atom. The molecule has 1 aliphatic rings. The molecule has 1 aliphatic heterocycles. The molecule has 20 heavy (non-hydrogen) atoms.